The molecule has 1 fully saturated rings. The van der Waals surface area contributed by atoms with Gasteiger partial charge in [0.15, 0.2) is 0 Å². The smallest absolute Gasteiger partial charge is 0.114 e. The van der Waals surface area contributed by atoms with Crippen LogP contribution in [0.4, 0.5) is 0 Å². The highest BCUT2D eigenvalue weighted by atomic mass is 35.5. The lowest BCUT2D eigenvalue weighted by molar-refractivity contribution is 0.313. The standard InChI is InChI=1S/C11H11ClN4/c12-10-4-2-1-3-9(10)11-7-16(15-14-11)8-5-13-6-8/h1-4,7-8,13H,5-6H2. The van der Waals surface area contributed by atoms with Gasteiger partial charge in [-0.1, -0.05) is 35.0 Å². The molecule has 0 radical (unpaired) electrons. The maximum atomic E-state index is 6.11. The van der Waals surface area contributed by atoms with Crippen molar-refractivity contribution in [2.24, 2.45) is 0 Å². The summed E-state index contributed by atoms with van der Waals surface area (Å²) in [7, 11) is 0. The number of nitrogens with one attached hydrogen (secondary N) is 1. The molecule has 0 unspecified atom stereocenters. The van der Waals surface area contributed by atoms with E-state index in [0.29, 0.717) is 11.1 Å². The summed E-state index contributed by atoms with van der Waals surface area (Å²) in [5.41, 5.74) is 1.76. The van der Waals surface area contributed by atoms with Crippen LogP contribution in [0.2, 0.25) is 5.02 Å². The van der Waals surface area contributed by atoms with Gasteiger partial charge in [-0.25, -0.2) is 4.68 Å². The Bertz CT molecular complexity index is 504. The second-order valence-electron chi connectivity index (χ2n) is 3.88. The zero-order valence-electron chi connectivity index (χ0n) is 8.60. The average molecular weight is 235 g/mol. The van der Waals surface area contributed by atoms with E-state index in [1.54, 1.807) is 0 Å². The minimum atomic E-state index is 0.434. The van der Waals surface area contributed by atoms with Crippen LogP contribution in [0.1, 0.15) is 6.04 Å². The van der Waals surface area contributed by atoms with E-state index in [1.807, 2.05) is 35.1 Å². The third kappa shape index (κ3) is 1.60. The Kier molecular flexibility index (Phi) is 2.38. The molecule has 2 heterocycles. The fourth-order valence-electron chi connectivity index (χ4n) is 1.71. The first-order valence-corrected chi connectivity index (χ1v) is 5.60. The molecule has 1 saturated heterocycles. The van der Waals surface area contributed by atoms with Gasteiger partial charge < -0.3 is 5.32 Å². The van der Waals surface area contributed by atoms with Gasteiger partial charge in [0.25, 0.3) is 0 Å². The van der Waals surface area contributed by atoms with Crippen molar-refractivity contribution >= 4 is 11.6 Å². The number of rotatable bonds is 2. The van der Waals surface area contributed by atoms with E-state index in [4.69, 9.17) is 11.6 Å². The SMILES string of the molecule is Clc1ccccc1-c1cn(C2CNC2)nn1. The number of halogens is 1. The maximum absolute atomic E-state index is 6.11. The second-order valence-corrected chi connectivity index (χ2v) is 4.28. The summed E-state index contributed by atoms with van der Waals surface area (Å²) in [5.74, 6) is 0. The molecule has 0 atom stereocenters. The molecule has 1 aliphatic rings. The van der Waals surface area contributed by atoms with Crippen LogP contribution in [0.5, 0.6) is 0 Å². The van der Waals surface area contributed by atoms with Gasteiger partial charge >= 0.3 is 0 Å². The first kappa shape index (κ1) is 9.81. The van der Waals surface area contributed by atoms with Crippen LogP contribution in [0.15, 0.2) is 30.5 Å². The number of hydrogen-bond donors (Lipinski definition) is 1. The highest BCUT2D eigenvalue weighted by molar-refractivity contribution is 6.33. The van der Waals surface area contributed by atoms with Gasteiger partial charge in [-0.3, -0.25) is 0 Å². The molecule has 4 nitrogen and oxygen atoms in total. The molecule has 0 aliphatic carbocycles. The maximum Gasteiger partial charge on any atom is 0.114 e. The van der Waals surface area contributed by atoms with Crippen molar-refractivity contribution < 1.29 is 0 Å². The molecule has 16 heavy (non-hydrogen) atoms. The van der Waals surface area contributed by atoms with E-state index < -0.39 is 0 Å². The Balaban J connectivity index is 1.95. The highest BCUT2D eigenvalue weighted by Crippen LogP contribution is 2.26. The van der Waals surface area contributed by atoms with Gasteiger partial charge in [-0.2, -0.15) is 0 Å². The van der Waals surface area contributed by atoms with Gasteiger partial charge in [0.2, 0.25) is 0 Å². The molecule has 0 bridgehead atoms. The van der Waals surface area contributed by atoms with E-state index >= 15 is 0 Å². The van der Waals surface area contributed by atoms with Crippen molar-refractivity contribution in [1.82, 2.24) is 20.3 Å². The van der Waals surface area contributed by atoms with Gasteiger partial charge in [0.1, 0.15) is 5.69 Å². The van der Waals surface area contributed by atoms with Crippen LogP contribution in [0, 0.1) is 0 Å². The first-order chi connectivity index (χ1) is 7.84. The zero-order chi connectivity index (χ0) is 11.0. The van der Waals surface area contributed by atoms with Crippen LogP contribution < -0.4 is 5.32 Å². The Labute approximate surface area is 98.2 Å². The lowest BCUT2D eigenvalue weighted by Gasteiger charge is -2.26. The van der Waals surface area contributed by atoms with Gasteiger partial charge in [0, 0.05) is 18.7 Å². The third-order valence-corrected chi connectivity index (χ3v) is 3.12. The molecule has 0 saturated carbocycles. The van der Waals surface area contributed by atoms with E-state index in [2.05, 4.69) is 15.6 Å². The molecule has 1 N–H and O–H groups in total. The molecule has 82 valence electrons. The topological polar surface area (TPSA) is 42.7 Å². The van der Waals surface area contributed by atoms with E-state index in [1.165, 1.54) is 0 Å². The molecular weight excluding hydrogens is 224 g/mol. The monoisotopic (exact) mass is 234 g/mol. The lowest BCUT2D eigenvalue weighted by atomic mass is 10.1. The molecule has 3 rings (SSSR count). The van der Waals surface area contributed by atoms with Crippen LogP contribution in [-0.2, 0) is 0 Å². The molecule has 2 aromatic rings. The van der Waals surface area contributed by atoms with Crippen LogP contribution >= 0.6 is 11.6 Å². The van der Waals surface area contributed by atoms with Gasteiger partial charge in [-0.05, 0) is 6.07 Å². The number of hydrogen-bond acceptors (Lipinski definition) is 3. The van der Waals surface area contributed by atoms with Crippen LogP contribution in [0.25, 0.3) is 11.3 Å². The number of nitrogens with zero attached hydrogens (tertiary/aromatic N) is 3. The molecular formula is C11H11ClN4. The molecule has 1 aliphatic heterocycles. The van der Waals surface area contributed by atoms with Crippen molar-refractivity contribution in [2.45, 2.75) is 6.04 Å². The van der Waals surface area contributed by atoms with Crippen molar-refractivity contribution in [2.75, 3.05) is 13.1 Å². The fraction of sp³-hybridized carbons (Fsp3) is 0.273. The predicted molar refractivity (Wildman–Crippen MR) is 62.4 cm³/mol. The average Bonchev–Trinajstić information content (AvgIpc) is 2.65. The Hall–Kier alpha value is -1.39. The van der Waals surface area contributed by atoms with E-state index in [9.17, 15) is 0 Å². The summed E-state index contributed by atoms with van der Waals surface area (Å²) >= 11 is 6.11. The third-order valence-electron chi connectivity index (χ3n) is 2.79. The van der Waals surface area contributed by atoms with Crippen LogP contribution in [0.3, 0.4) is 0 Å². The second kappa shape index (κ2) is 3.88. The molecule has 0 amide bonds. The fourth-order valence-corrected chi connectivity index (χ4v) is 1.94. The van der Waals surface area contributed by atoms with Crippen molar-refractivity contribution in [3.63, 3.8) is 0 Å². The van der Waals surface area contributed by atoms with Crippen LogP contribution in [-0.4, -0.2) is 28.1 Å². The lowest BCUT2D eigenvalue weighted by Crippen LogP contribution is -2.43. The van der Waals surface area contributed by atoms with E-state index in [0.717, 1.165) is 24.3 Å². The molecule has 1 aromatic heterocycles. The molecule has 5 heteroatoms. The normalized spacial score (nSPS) is 16.1. The Morgan fingerprint density at radius 2 is 2.12 bits per heavy atom. The zero-order valence-corrected chi connectivity index (χ0v) is 9.35. The summed E-state index contributed by atoms with van der Waals surface area (Å²) in [6, 6.07) is 8.11. The first-order valence-electron chi connectivity index (χ1n) is 5.22. The summed E-state index contributed by atoms with van der Waals surface area (Å²) in [6.07, 6.45) is 1.95. The van der Waals surface area contributed by atoms with Gasteiger partial charge in [-0.15, -0.1) is 5.10 Å². The minimum Gasteiger partial charge on any atom is -0.312 e. The predicted octanol–water partition coefficient (Wildman–Crippen LogP) is 1.74. The summed E-state index contributed by atoms with van der Waals surface area (Å²) < 4.78 is 1.90. The Morgan fingerprint density at radius 3 is 2.81 bits per heavy atom. The quantitative estimate of drug-likeness (QED) is 0.861. The van der Waals surface area contributed by atoms with Crippen molar-refractivity contribution in [3.8, 4) is 11.3 Å². The molecule has 1 aromatic carbocycles. The minimum absolute atomic E-state index is 0.434. The summed E-state index contributed by atoms with van der Waals surface area (Å²) in [6.45, 7) is 1.93. The van der Waals surface area contributed by atoms with Gasteiger partial charge in [0.05, 0.1) is 17.3 Å². The van der Waals surface area contributed by atoms with E-state index in [-0.39, 0.29) is 0 Å². The number of benzene rings is 1. The van der Waals surface area contributed by atoms with Crippen molar-refractivity contribution in [3.05, 3.63) is 35.5 Å². The van der Waals surface area contributed by atoms with Crippen molar-refractivity contribution in [1.29, 1.82) is 0 Å². The molecule has 0 spiro atoms. The summed E-state index contributed by atoms with van der Waals surface area (Å²) in [5, 5.41) is 12.2. The highest BCUT2D eigenvalue weighted by Gasteiger charge is 2.20. The number of aromatic nitrogens is 3. The largest absolute Gasteiger partial charge is 0.312 e. The Morgan fingerprint density at radius 1 is 1.31 bits per heavy atom. The summed E-state index contributed by atoms with van der Waals surface area (Å²) in [4.78, 5) is 0.